The summed E-state index contributed by atoms with van der Waals surface area (Å²) < 4.78 is 11.0. The lowest BCUT2D eigenvalue weighted by Gasteiger charge is -2.42. The standard InChI is InChI=1S/C15H22N2O4/c1-10-12(5-6-13(18)16-10)14(19)17-7-11(8-20-4)21-15(2,3)9-17/h5-6,11H,7-9H2,1-4H3,(H,16,18)/t11-/m1/s1. The van der Waals surface area contributed by atoms with Crippen LogP contribution in [0.5, 0.6) is 0 Å². The minimum Gasteiger partial charge on any atom is -0.382 e. The number of nitrogens with zero attached hydrogens (tertiary/aromatic N) is 1. The van der Waals surface area contributed by atoms with E-state index in [0.29, 0.717) is 31.0 Å². The van der Waals surface area contributed by atoms with E-state index in [-0.39, 0.29) is 17.6 Å². The van der Waals surface area contributed by atoms with Gasteiger partial charge in [-0.15, -0.1) is 0 Å². The maximum atomic E-state index is 12.7. The average molecular weight is 294 g/mol. The third kappa shape index (κ3) is 3.71. The van der Waals surface area contributed by atoms with E-state index >= 15 is 0 Å². The molecule has 1 atom stereocenters. The number of carbonyl (C=O) groups is 1. The number of aromatic nitrogens is 1. The number of hydrogen-bond acceptors (Lipinski definition) is 4. The molecule has 6 nitrogen and oxygen atoms in total. The molecule has 21 heavy (non-hydrogen) atoms. The summed E-state index contributed by atoms with van der Waals surface area (Å²) in [5, 5.41) is 0. The number of nitrogens with one attached hydrogen (secondary N) is 1. The van der Waals surface area contributed by atoms with Crippen molar-refractivity contribution in [2.24, 2.45) is 0 Å². The zero-order valence-electron chi connectivity index (χ0n) is 12.9. The van der Waals surface area contributed by atoms with E-state index in [0.717, 1.165) is 0 Å². The predicted octanol–water partition coefficient (Wildman–Crippen LogP) is 0.949. The van der Waals surface area contributed by atoms with Crippen LogP contribution in [0.15, 0.2) is 16.9 Å². The third-order valence-corrected chi connectivity index (χ3v) is 3.47. The average Bonchev–Trinajstić information content (AvgIpc) is 2.36. The Morgan fingerprint density at radius 3 is 2.86 bits per heavy atom. The minimum atomic E-state index is -0.423. The monoisotopic (exact) mass is 294 g/mol. The summed E-state index contributed by atoms with van der Waals surface area (Å²) in [4.78, 5) is 28.4. The highest BCUT2D eigenvalue weighted by atomic mass is 16.5. The molecule has 2 heterocycles. The van der Waals surface area contributed by atoms with Crippen LogP contribution in [0.1, 0.15) is 29.9 Å². The SMILES string of the molecule is COC[C@H]1CN(C(=O)c2ccc(=O)[nH]c2C)CC(C)(C)O1. The largest absolute Gasteiger partial charge is 0.382 e. The summed E-state index contributed by atoms with van der Waals surface area (Å²) >= 11 is 0. The molecule has 116 valence electrons. The van der Waals surface area contributed by atoms with Crippen LogP contribution in [0, 0.1) is 6.92 Å². The molecule has 0 spiro atoms. The van der Waals surface area contributed by atoms with Crippen LogP contribution < -0.4 is 5.56 Å². The van der Waals surface area contributed by atoms with E-state index in [4.69, 9.17) is 9.47 Å². The highest BCUT2D eigenvalue weighted by Crippen LogP contribution is 2.23. The number of ether oxygens (including phenoxy) is 2. The Morgan fingerprint density at radius 1 is 1.52 bits per heavy atom. The molecule has 1 aliphatic heterocycles. The molecule has 1 amide bonds. The van der Waals surface area contributed by atoms with Gasteiger partial charge in [-0.2, -0.15) is 0 Å². The highest BCUT2D eigenvalue weighted by molar-refractivity contribution is 5.95. The topological polar surface area (TPSA) is 71.6 Å². The maximum Gasteiger partial charge on any atom is 0.255 e. The molecule has 1 N–H and O–H groups in total. The lowest BCUT2D eigenvalue weighted by atomic mass is 10.0. The van der Waals surface area contributed by atoms with E-state index in [9.17, 15) is 9.59 Å². The molecule has 1 aromatic heterocycles. The summed E-state index contributed by atoms with van der Waals surface area (Å²) in [7, 11) is 1.61. The van der Waals surface area contributed by atoms with E-state index in [1.807, 2.05) is 13.8 Å². The third-order valence-electron chi connectivity index (χ3n) is 3.47. The summed E-state index contributed by atoms with van der Waals surface area (Å²) in [6, 6.07) is 2.95. The molecule has 0 aliphatic carbocycles. The summed E-state index contributed by atoms with van der Waals surface area (Å²) in [5.74, 6) is -0.0961. The van der Waals surface area contributed by atoms with Crippen LogP contribution in [0.4, 0.5) is 0 Å². The predicted molar refractivity (Wildman–Crippen MR) is 78.5 cm³/mol. The van der Waals surface area contributed by atoms with Gasteiger partial charge in [0, 0.05) is 32.0 Å². The molecule has 0 unspecified atom stereocenters. The van der Waals surface area contributed by atoms with Gasteiger partial charge in [0.1, 0.15) is 0 Å². The van der Waals surface area contributed by atoms with Crippen molar-refractivity contribution in [3.05, 3.63) is 33.7 Å². The second kappa shape index (κ2) is 5.99. The molecule has 1 fully saturated rings. The zero-order chi connectivity index (χ0) is 15.6. The second-order valence-electron chi connectivity index (χ2n) is 6.00. The lowest BCUT2D eigenvalue weighted by molar-refractivity contribution is -0.143. The molecule has 6 heteroatoms. The quantitative estimate of drug-likeness (QED) is 0.901. The molecular weight excluding hydrogens is 272 g/mol. The van der Waals surface area contributed by atoms with Gasteiger partial charge >= 0.3 is 0 Å². The lowest BCUT2D eigenvalue weighted by Crippen LogP contribution is -2.55. The first-order chi connectivity index (χ1) is 9.82. The van der Waals surface area contributed by atoms with Crippen molar-refractivity contribution >= 4 is 5.91 Å². The van der Waals surface area contributed by atoms with Crippen molar-refractivity contribution in [2.75, 3.05) is 26.8 Å². The van der Waals surface area contributed by atoms with Crippen LogP contribution in [0.2, 0.25) is 0 Å². The van der Waals surface area contributed by atoms with Gasteiger partial charge in [0.05, 0.1) is 23.9 Å². The van der Waals surface area contributed by atoms with Gasteiger partial charge < -0.3 is 19.4 Å². The molecule has 1 saturated heterocycles. The second-order valence-corrected chi connectivity index (χ2v) is 6.00. The van der Waals surface area contributed by atoms with E-state index in [1.54, 1.807) is 25.0 Å². The van der Waals surface area contributed by atoms with Gasteiger partial charge in [0.15, 0.2) is 0 Å². The molecule has 2 rings (SSSR count). The Balaban J connectivity index is 2.22. The first kappa shape index (κ1) is 15.7. The molecular formula is C15H22N2O4. The van der Waals surface area contributed by atoms with Crippen molar-refractivity contribution < 1.29 is 14.3 Å². The molecule has 1 aliphatic rings. The minimum absolute atomic E-state index is 0.0961. The van der Waals surface area contributed by atoms with Gasteiger partial charge in [0.25, 0.3) is 5.91 Å². The van der Waals surface area contributed by atoms with Crippen LogP contribution in [0.25, 0.3) is 0 Å². The molecule has 1 aromatic rings. The Kier molecular flexibility index (Phi) is 4.49. The molecule has 0 bridgehead atoms. The summed E-state index contributed by atoms with van der Waals surface area (Å²) in [6.07, 6.45) is -0.147. The van der Waals surface area contributed by atoms with Gasteiger partial charge in [-0.1, -0.05) is 0 Å². The Morgan fingerprint density at radius 2 is 2.24 bits per heavy atom. The Bertz CT molecular complexity index is 579. The number of methoxy groups -OCH3 is 1. The summed E-state index contributed by atoms with van der Waals surface area (Å²) in [5.41, 5.74) is 0.472. The number of hydrogen-bond donors (Lipinski definition) is 1. The highest BCUT2D eigenvalue weighted by Gasteiger charge is 2.36. The number of pyridine rings is 1. The van der Waals surface area contributed by atoms with Crippen LogP contribution in [-0.2, 0) is 9.47 Å². The van der Waals surface area contributed by atoms with Crippen molar-refractivity contribution in [3.8, 4) is 0 Å². The number of aromatic amines is 1. The first-order valence-electron chi connectivity index (χ1n) is 6.98. The molecule has 0 saturated carbocycles. The first-order valence-corrected chi connectivity index (χ1v) is 6.98. The van der Waals surface area contributed by atoms with Crippen molar-refractivity contribution in [1.82, 2.24) is 9.88 Å². The Hall–Kier alpha value is -1.66. The number of rotatable bonds is 3. The van der Waals surface area contributed by atoms with E-state index in [1.165, 1.54) is 6.07 Å². The number of carbonyl (C=O) groups excluding carboxylic acids is 1. The van der Waals surface area contributed by atoms with Crippen LogP contribution >= 0.6 is 0 Å². The number of amides is 1. The summed E-state index contributed by atoms with van der Waals surface area (Å²) in [6.45, 7) is 7.06. The molecule has 0 aromatic carbocycles. The van der Waals surface area contributed by atoms with E-state index in [2.05, 4.69) is 4.98 Å². The van der Waals surface area contributed by atoms with Crippen molar-refractivity contribution in [2.45, 2.75) is 32.5 Å². The van der Waals surface area contributed by atoms with Crippen LogP contribution in [0.3, 0.4) is 0 Å². The number of morpholine rings is 1. The maximum absolute atomic E-state index is 12.7. The molecule has 0 radical (unpaired) electrons. The zero-order valence-corrected chi connectivity index (χ0v) is 12.9. The van der Waals surface area contributed by atoms with Gasteiger partial charge in [-0.05, 0) is 26.8 Å². The van der Waals surface area contributed by atoms with E-state index < -0.39 is 5.60 Å². The number of H-pyrrole nitrogens is 1. The van der Waals surface area contributed by atoms with Crippen molar-refractivity contribution in [1.29, 1.82) is 0 Å². The fourth-order valence-electron chi connectivity index (χ4n) is 2.70. The van der Waals surface area contributed by atoms with Gasteiger partial charge in [0.2, 0.25) is 5.56 Å². The van der Waals surface area contributed by atoms with Gasteiger partial charge in [-0.25, -0.2) is 0 Å². The smallest absolute Gasteiger partial charge is 0.255 e. The Labute approximate surface area is 124 Å². The number of aryl methyl sites for hydroxylation is 1. The normalized spacial score (nSPS) is 21.3. The van der Waals surface area contributed by atoms with Crippen LogP contribution in [-0.4, -0.2) is 54.3 Å². The van der Waals surface area contributed by atoms with Crippen molar-refractivity contribution in [3.63, 3.8) is 0 Å². The fraction of sp³-hybridized carbons (Fsp3) is 0.600. The fourth-order valence-corrected chi connectivity index (χ4v) is 2.70. The van der Waals surface area contributed by atoms with Gasteiger partial charge in [-0.3, -0.25) is 9.59 Å².